The van der Waals surface area contributed by atoms with E-state index in [-0.39, 0.29) is 25.5 Å². The van der Waals surface area contributed by atoms with Crippen LogP contribution in [0.5, 0.6) is 0 Å². The van der Waals surface area contributed by atoms with Crippen LogP contribution in [0.1, 0.15) is 13.3 Å². The molecule has 1 rings (SSSR count). The lowest BCUT2D eigenvalue weighted by atomic mass is 10.2. The molecule has 1 heterocycles. The summed E-state index contributed by atoms with van der Waals surface area (Å²) in [7, 11) is 1.35. The number of carbonyl (C=O) groups is 4. The number of esters is 1. The van der Waals surface area contributed by atoms with Crippen LogP contribution in [-0.2, 0) is 19.1 Å². The Labute approximate surface area is 104 Å². The lowest BCUT2D eigenvalue weighted by Crippen LogP contribution is -2.46. The van der Waals surface area contributed by atoms with Crippen LogP contribution >= 0.6 is 0 Å². The van der Waals surface area contributed by atoms with Crippen LogP contribution < -0.4 is 10.6 Å². The third-order valence-corrected chi connectivity index (χ3v) is 2.39. The molecule has 100 valence electrons. The molecule has 1 fully saturated rings. The second-order valence-electron chi connectivity index (χ2n) is 3.68. The molecular formula is C10H15N3O5. The SMILES string of the molecule is CCOC(=O)CNC(=O)NC1CC(=O)N(C)C1=O. The highest BCUT2D eigenvalue weighted by molar-refractivity contribution is 6.06. The Bertz CT molecular complexity index is 382. The Morgan fingerprint density at radius 1 is 1.44 bits per heavy atom. The first-order valence-electron chi connectivity index (χ1n) is 5.46. The van der Waals surface area contributed by atoms with E-state index in [2.05, 4.69) is 15.4 Å². The molecule has 1 unspecified atom stereocenters. The molecule has 1 aliphatic rings. The van der Waals surface area contributed by atoms with Crippen LogP contribution in [0.15, 0.2) is 0 Å². The first kappa shape index (κ1) is 13.9. The number of likely N-dealkylation sites (N-methyl/N-ethyl adjacent to an activating group) is 1. The summed E-state index contributed by atoms with van der Waals surface area (Å²) in [6, 6.07) is -1.56. The van der Waals surface area contributed by atoms with Gasteiger partial charge >= 0.3 is 12.0 Å². The smallest absolute Gasteiger partial charge is 0.325 e. The Morgan fingerprint density at radius 2 is 2.11 bits per heavy atom. The maximum absolute atomic E-state index is 11.5. The Balaban J connectivity index is 2.35. The van der Waals surface area contributed by atoms with Gasteiger partial charge in [0.2, 0.25) is 5.91 Å². The predicted octanol–water partition coefficient (Wildman–Crippen LogP) is -1.39. The quantitative estimate of drug-likeness (QED) is 0.476. The summed E-state index contributed by atoms with van der Waals surface area (Å²) in [6.07, 6.45) is -0.0673. The Hall–Kier alpha value is -2.12. The monoisotopic (exact) mass is 257 g/mol. The Morgan fingerprint density at radius 3 is 2.61 bits per heavy atom. The lowest BCUT2D eigenvalue weighted by molar-refractivity contribution is -0.142. The van der Waals surface area contributed by atoms with Gasteiger partial charge in [0.15, 0.2) is 0 Å². The molecule has 4 amide bonds. The number of urea groups is 1. The van der Waals surface area contributed by atoms with Crippen molar-refractivity contribution in [2.24, 2.45) is 0 Å². The molecule has 8 heteroatoms. The van der Waals surface area contributed by atoms with Crippen molar-refractivity contribution in [2.45, 2.75) is 19.4 Å². The second kappa shape index (κ2) is 5.99. The molecule has 2 N–H and O–H groups in total. The van der Waals surface area contributed by atoms with Crippen molar-refractivity contribution in [3.8, 4) is 0 Å². The minimum absolute atomic E-state index is 0.0673. The molecule has 1 saturated heterocycles. The number of nitrogens with zero attached hydrogens (tertiary/aromatic N) is 1. The Kier molecular flexibility index (Phi) is 4.64. The van der Waals surface area contributed by atoms with E-state index >= 15 is 0 Å². The van der Waals surface area contributed by atoms with E-state index in [0.717, 1.165) is 4.90 Å². The van der Waals surface area contributed by atoms with Crippen molar-refractivity contribution in [1.82, 2.24) is 15.5 Å². The van der Waals surface area contributed by atoms with Crippen molar-refractivity contribution >= 4 is 23.8 Å². The zero-order valence-electron chi connectivity index (χ0n) is 10.2. The number of carbonyl (C=O) groups excluding carboxylic acids is 4. The average Bonchev–Trinajstić information content (AvgIpc) is 2.55. The number of hydrogen-bond donors (Lipinski definition) is 2. The highest BCUT2D eigenvalue weighted by Crippen LogP contribution is 2.09. The fourth-order valence-corrected chi connectivity index (χ4v) is 1.44. The third kappa shape index (κ3) is 3.44. The number of rotatable bonds is 4. The first-order valence-corrected chi connectivity index (χ1v) is 5.46. The fourth-order valence-electron chi connectivity index (χ4n) is 1.44. The van der Waals surface area contributed by atoms with Crippen molar-refractivity contribution in [1.29, 1.82) is 0 Å². The van der Waals surface area contributed by atoms with Crippen molar-refractivity contribution in [3.63, 3.8) is 0 Å². The molecule has 0 aromatic heterocycles. The van der Waals surface area contributed by atoms with Gasteiger partial charge in [-0.2, -0.15) is 0 Å². The summed E-state index contributed by atoms with van der Waals surface area (Å²) in [5.74, 6) is -1.39. The van der Waals surface area contributed by atoms with E-state index in [4.69, 9.17) is 0 Å². The molecule has 0 bridgehead atoms. The molecule has 8 nitrogen and oxygen atoms in total. The van der Waals surface area contributed by atoms with Gasteiger partial charge in [0.25, 0.3) is 5.91 Å². The van der Waals surface area contributed by atoms with Gasteiger partial charge in [-0.05, 0) is 6.92 Å². The highest BCUT2D eigenvalue weighted by Gasteiger charge is 2.36. The molecular weight excluding hydrogens is 242 g/mol. The molecule has 0 radical (unpaired) electrons. The van der Waals surface area contributed by atoms with Gasteiger partial charge in [-0.1, -0.05) is 0 Å². The second-order valence-corrected chi connectivity index (χ2v) is 3.68. The van der Waals surface area contributed by atoms with Crippen molar-refractivity contribution in [3.05, 3.63) is 0 Å². The van der Waals surface area contributed by atoms with E-state index in [1.54, 1.807) is 6.92 Å². The van der Waals surface area contributed by atoms with Crippen LogP contribution in [0.3, 0.4) is 0 Å². The molecule has 0 aromatic rings. The standard InChI is InChI=1S/C10H15N3O5/c1-3-18-8(15)5-11-10(17)12-6-4-7(14)13(2)9(6)16/h6H,3-5H2,1-2H3,(H2,11,12,17). The number of hydrogen-bond acceptors (Lipinski definition) is 5. The topological polar surface area (TPSA) is 105 Å². The van der Waals surface area contributed by atoms with Crippen LogP contribution in [-0.4, -0.2) is 55.0 Å². The maximum atomic E-state index is 11.5. The van der Waals surface area contributed by atoms with Crippen LogP contribution in [0.25, 0.3) is 0 Å². The molecule has 0 saturated carbocycles. The van der Waals surface area contributed by atoms with Crippen LogP contribution in [0, 0.1) is 0 Å². The normalized spacial score (nSPS) is 18.8. The minimum atomic E-state index is -0.871. The average molecular weight is 257 g/mol. The minimum Gasteiger partial charge on any atom is -0.465 e. The number of nitrogens with one attached hydrogen (secondary N) is 2. The van der Waals surface area contributed by atoms with Gasteiger partial charge in [-0.3, -0.25) is 19.3 Å². The van der Waals surface area contributed by atoms with E-state index < -0.39 is 23.9 Å². The van der Waals surface area contributed by atoms with E-state index in [1.165, 1.54) is 7.05 Å². The number of ether oxygens (including phenoxy) is 1. The fraction of sp³-hybridized carbons (Fsp3) is 0.600. The highest BCUT2D eigenvalue weighted by atomic mass is 16.5. The zero-order chi connectivity index (χ0) is 13.7. The molecule has 1 aliphatic heterocycles. The van der Waals surface area contributed by atoms with Gasteiger partial charge in [-0.15, -0.1) is 0 Å². The van der Waals surface area contributed by atoms with Gasteiger partial charge in [-0.25, -0.2) is 4.79 Å². The largest absolute Gasteiger partial charge is 0.465 e. The molecule has 18 heavy (non-hydrogen) atoms. The molecule has 0 spiro atoms. The van der Waals surface area contributed by atoms with E-state index in [0.29, 0.717) is 0 Å². The molecule has 0 aliphatic carbocycles. The van der Waals surface area contributed by atoms with E-state index in [1.807, 2.05) is 0 Å². The van der Waals surface area contributed by atoms with Gasteiger partial charge in [0.05, 0.1) is 13.0 Å². The summed E-state index contributed by atoms with van der Waals surface area (Å²) in [4.78, 5) is 45.9. The van der Waals surface area contributed by atoms with Gasteiger partial charge in [0, 0.05) is 7.05 Å². The summed E-state index contributed by atoms with van der Waals surface area (Å²) < 4.78 is 4.61. The molecule has 1 atom stereocenters. The van der Waals surface area contributed by atoms with Crippen molar-refractivity contribution < 1.29 is 23.9 Å². The van der Waals surface area contributed by atoms with E-state index in [9.17, 15) is 19.2 Å². The maximum Gasteiger partial charge on any atom is 0.325 e. The van der Waals surface area contributed by atoms with Crippen molar-refractivity contribution in [2.75, 3.05) is 20.2 Å². The van der Waals surface area contributed by atoms with Crippen LogP contribution in [0.2, 0.25) is 0 Å². The van der Waals surface area contributed by atoms with Gasteiger partial charge in [0.1, 0.15) is 12.6 Å². The predicted molar refractivity (Wildman–Crippen MR) is 59.3 cm³/mol. The van der Waals surface area contributed by atoms with Crippen LogP contribution in [0.4, 0.5) is 4.79 Å². The third-order valence-electron chi connectivity index (χ3n) is 2.39. The summed E-state index contributed by atoms with van der Waals surface area (Å²) >= 11 is 0. The first-order chi connectivity index (χ1) is 8.45. The van der Waals surface area contributed by atoms with Gasteiger partial charge < -0.3 is 15.4 Å². The molecule has 0 aromatic carbocycles. The lowest BCUT2D eigenvalue weighted by Gasteiger charge is -2.11. The number of likely N-dealkylation sites (tertiary alicyclic amines) is 1. The zero-order valence-corrected chi connectivity index (χ0v) is 10.2. The summed E-state index contributed by atoms with van der Waals surface area (Å²) in [5.41, 5.74) is 0. The number of imide groups is 1. The summed E-state index contributed by atoms with van der Waals surface area (Å²) in [5, 5.41) is 4.55. The number of amides is 4. The summed E-state index contributed by atoms with van der Waals surface area (Å²) in [6.45, 7) is 1.59.